The Hall–Kier alpha value is -2.57. The fourth-order valence-corrected chi connectivity index (χ4v) is 5.23. The summed E-state index contributed by atoms with van der Waals surface area (Å²) in [5.41, 5.74) is 3.93. The van der Waals surface area contributed by atoms with Gasteiger partial charge in [0.25, 0.3) is 5.91 Å². The molecule has 2 heterocycles. The third-order valence-electron chi connectivity index (χ3n) is 5.05. The Morgan fingerprint density at radius 3 is 2.50 bits per heavy atom. The van der Waals surface area contributed by atoms with Crippen molar-refractivity contribution in [3.8, 4) is 0 Å². The highest BCUT2D eigenvalue weighted by Gasteiger charge is 2.34. The average Bonchev–Trinajstić information content (AvgIpc) is 3.38. The lowest BCUT2D eigenvalue weighted by molar-refractivity contribution is -0.115. The lowest BCUT2D eigenvalue weighted by Crippen LogP contribution is -2.28. The summed E-state index contributed by atoms with van der Waals surface area (Å²) in [6.07, 6.45) is 0. The first-order valence-electron chi connectivity index (χ1n) is 9.82. The Kier molecular flexibility index (Phi) is 5.71. The molecular weight excluding hydrogens is 412 g/mol. The van der Waals surface area contributed by atoms with E-state index in [2.05, 4.69) is 38.2 Å². The van der Waals surface area contributed by atoms with Gasteiger partial charge in [-0.2, -0.15) is 0 Å². The predicted octanol–water partition coefficient (Wildman–Crippen LogP) is 6.08. The summed E-state index contributed by atoms with van der Waals surface area (Å²) in [4.78, 5) is 27.6. The summed E-state index contributed by atoms with van der Waals surface area (Å²) in [6, 6.07) is 19.7. The molecule has 1 saturated heterocycles. The second-order valence-corrected chi connectivity index (χ2v) is 10.3. The Bertz CT molecular complexity index is 1050. The minimum Gasteiger partial charge on any atom is -0.321 e. The number of hydrogen-bond acceptors (Lipinski definition) is 4. The zero-order valence-corrected chi connectivity index (χ0v) is 18.8. The van der Waals surface area contributed by atoms with E-state index in [0.717, 1.165) is 16.9 Å². The van der Waals surface area contributed by atoms with Crippen molar-refractivity contribution in [1.82, 2.24) is 0 Å². The van der Waals surface area contributed by atoms with Crippen molar-refractivity contribution < 1.29 is 9.59 Å². The molecule has 0 radical (unpaired) electrons. The summed E-state index contributed by atoms with van der Waals surface area (Å²) < 4.78 is 0. The zero-order valence-electron chi connectivity index (χ0n) is 17.2. The minimum absolute atomic E-state index is 0.0663. The van der Waals surface area contributed by atoms with Gasteiger partial charge < -0.3 is 5.32 Å². The van der Waals surface area contributed by atoms with Gasteiger partial charge in [0, 0.05) is 11.4 Å². The van der Waals surface area contributed by atoms with Crippen molar-refractivity contribution in [3.63, 3.8) is 0 Å². The molecule has 4 nitrogen and oxygen atoms in total. The van der Waals surface area contributed by atoms with Crippen LogP contribution in [0.3, 0.4) is 0 Å². The predicted molar refractivity (Wildman–Crippen MR) is 127 cm³/mol. The van der Waals surface area contributed by atoms with Crippen LogP contribution in [0.2, 0.25) is 0 Å². The summed E-state index contributed by atoms with van der Waals surface area (Å²) in [6.45, 7) is 6.53. The van der Waals surface area contributed by atoms with Crippen molar-refractivity contribution in [1.29, 1.82) is 0 Å². The smallest absolute Gasteiger partial charge is 0.265 e. The molecule has 1 N–H and O–H groups in total. The molecule has 2 amide bonds. The molecule has 1 fully saturated rings. The van der Waals surface area contributed by atoms with Crippen LogP contribution in [-0.4, -0.2) is 17.6 Å². The molecule has 0 aliphatic carbocycles. The number of thiophene rings is 1. The van der Waals surface area contributed by atoms with Crippen molar-refractivity contribution in [2.75, 3.05) is 16.0 Å². The van der Waals surface area contributed by atoms with Gasteiger partial charge in [-0.25, -0.2) is 0 Å². The van der Waals surface area contributed by atoms with Crippen LogP contribution in [0.1, 0.15) is 46.9 Å². The Labute approximate surface area is 185 Å². The molecule has 1 aliphatic heterocycles. The first-order chi connectivity index (χ1) is 14.3. The van der Waals surface area contributed by atoms with Crippen molar-refractivity contribution in [2.45, 2.75) is 31.6 Å². The van der Waals surface area contributed by atoms with Gasteiger partial charge >= 0.3 is 0 Å². The number of thioether (sulfide) groups is 1. The maximum atomic E-state index is 12.7. The van der Waals surface area contributed by atoms with Crippen LogP contribution in [0.25, 0.3) is 0 Å². The van der Waals surface area contributed by atoms with Crippen LogP contribution in [0.4, 0.5) is 11.4 Å². The first kappa shape index (κ1) is 20.7. The maximum absolute atomic E-state index is 12.7. The fraction of sp³-hybridized carbons (Fsp3) is 0.250. The van der Waals surface area contributed by atoms with E-state index in [4.69, 9.17) is 0 Å². The Morgan fingerprint density at radius 2 is 1.83 bits per heavy atom. The number of nitrogens with one attached hydrogen (secondary N) is 1. The van der Waals surface area contributed by atoms with E-state index in [1.165, 1.54) is 16.9 Å². The molecule has 2 aromatic carbocycles. The van der Waals surface area contributed by atoms with Gasteiger partial charge in [0.2, 0.25) is 5.91 Å². The zero-order chi connectivity index (χ0) is 21.3. The summed E-state index contributed by atoms with van der Waals surface area (Å²) in [5, 5.41) is 4.73. The lowest BCUT2D eigenvalue weighted by atomic mass is 9.87. The number of nitrogens with zero attached hydrogens (tertiary/aromatic N) is 1. The molecule has 1 aliphatic rings. The normalized spacial score (nSPS) is 16.7. The number of benzene rings is 2. The molecule has 6 heteroatoms. The van der Waals surface area contributed by atoms with Gasteiger partial charge in [-0.05, 0) is 52.3 Å². The van der Waals surface area contributed by atoms with E-state index in [9.17, 15) is 9.59 Å². The van der Waals surface area contributed by atoms with Crippen LogP contribution in [-0.2, 0) is 10.2 Å². The maximum Gasteiger partial charge on any atom is 0.265 e. The van der Waals surface area contributed by atoms with Crippen molar-refractivity contribution in [2.24, 2.45) is 0 Å². The van der Waals surface area contributed by atoms with E-state index in [1.54, 1.807) is 17.8 Å². The van der Waals surface area contributed by atoms with E-state index >= 15 is 0 Å². The molecule has 0 saturated carbocycles. The highest BCUT2D eigenvalue weighted by atomic mass is 32.2. The largest absolute Gasteiger partial charge is 0.321 e. The van der Waals surface area contributed by atoms with Crippen LogP contribution >= 0.6 is 23.1 Å². The topological polar surface area (TPSA) is 49.4 Å². The first-order valence-corrected chi connectivity index (χ1v) is 11.7. The van der Waals surface area contributed by atoms with Gasteiger partial charge in [-0.15, -0.1) is 23.1 Å². The molecule has 154 valence electrons. The minimum atomic E-state index is -0.119. The molecular formula is C24H24N2O2S2. The summed E-state index contributed by atoms with van der Waals surface area (Å²) in [7, 11) is 0. The lowest BCUT2D eigenvalue weighted by Gasteiger charge is -2.26. The molecule has 1 aromatic heterocycles. The molecule has 0 bridgehead atoms. The Balaban J connectivity index is 1.58. The van der Waals surface area contributed by atoms with Gasteiger partial charge in [0.05, 0.1) is 10.6 Å². The van der Waals surface area contributed by atoms with E-state index in [1.807, 2.05) is 52.7 Å². The second kappa shape index (κ2) is 8.28. The molecule has 1 atom stereocenters. The molecule has 4 rings (SSSR count). The summed E-state index contributed by atoms with van der Waals surface area (Å²) >= 11 is 3.02. The number of hydrogen-bond donors (Lipinski definition) is 1. The fourth-order valence-electron chi connectivity index (χ4n) is 3.44. The van der Waals surface area contributed by atoms with Crippen LogP contribution in [0.5, 0.6) is 0 Å². The Morgan fingerprint density at radius 1 is 1.07 bits per heavy atom. The second-order valence-electron chi connectivity index (χ2n) is 8.28. The van der Waals surface area contributed by atoms with Crippen molar-refractivity contribution in [3.05, 3.63) is 82.0 Å². The van der Waals surface area contributed by atoms with Crippen LogP contribution < -0.4 is 10.2 Å². The highest BCUT2D eigenvalue weighted by molar-refractivity contribution is 8.00. The van der Waals surface area contributed by atoms with Gasteiger partial charge in [-0.1, -0.05) is 51.1 Å². The number of carbonyl (C=O) groups excluding carboxylic acids is 2. The standard InChI is InChI=1S/C24H24N2O2S2/c1-24(2,3)17-9-11-19(12-10-17)26-21(27)15-30-23(26)16-6-4-7-18(14-16)25-22(28)20-8-5-13-29-20/h4-14,23H,15H2,1-3H3,(H,25,28). The quantitative estimate of drug-likeness (QED) is 0.539. The molecule has 1 unspecified atom stereocenters. The van der Waals surface area contributed by atoms with Crippen LogP contribution in [0, 0.1) is 0 Å². The molecule has 30 heavy (non-hydrogen) atoms. The van der Waals surface area contributed by atoms with Gasteiger partial charge in [0.1, 0.15) is 5.37 Å². The highest BCUT2D eigenvalue weighted by Crippen LogP contribution is 2.42. The van der Waals surface area contributed by atoms with Crippen LogP contribution in [0.15, 0.2) is 66.0 Å². The third kappa shape index (κ3) is 4.30. The van der Waals surface area contributed by atoms with E-state index in [0.29, 0.717) is 10.6 Å². The average molecular weight is 437 g/mol. The van der Waals surface area contributed by atoms with E-state index < -0.39 is 0 Å². The number of anilines is 2. The summed E-state index contributed by atoms with van der Waals surface area (Å²) in [5.74, 6) is 0.422. The van der Waals surface area contributed by atoms with Crippen molar-refractivity contribution >= 4 is 46.3 Å². The number of rotatable bonds is 4. The monoisotopic (exact) mass is 436 g/mol. The number of amides is 2. The SMILES string of the molecule is CC(C)(C)c1ccc(N2C(=O)CSC2c2cccc(NC(=O)c3cccs3)c2)cc1. The molecule has 0 spiro atoms. The van der Waals surface area contributed by atoms with Gasteiger partial charge in [-0.3, -0.25) is 14.5 Å². The molecule has 3 aromatic rings. The number of carbonyl (C=O) groups is 2. The van der Waals surface area contributed by atoms with Gasteiger partial charge in [0.15, 0.2) is 0 Å². The third-order valence-corrected chi connectivity index (χ3v) is 7.13. The van der Waals surface area contributed by atoms with E-state index in [-0.39, 0.29) is 22.6 Å².